The Hall–Kier alpha value is -3.55. The molecule has 0 saturated carbocycles. The summed E-state index contributed by atoms with van der Waals surface area (Å²) in [5, 5.41) is 13.1. The van der Waals surface area contributed by atoms with Gasteiger partial charge < -0.3 is 9.26 Å². The molecule has 0 N–H and O–H groups in total. The van der Waals surface area contributed by atoms with Crippen LogP contribution >= 0.6 is 0 Å². The molecule has 0 aliphatic carbocycles. The van der Waals surface area contributed by atoms with Crippen molar-refractivity contribution in [2.75, 3.05) is 7.11 Å². The first-order valence-electron chi connectivity index (χ1n) is 8.41. The van der Waals surface area contributed by atoms with Gasteiger partial charge in [-0.25, -0.2) is 4.98 Å². The van der Waals surface area contributed by atoms with Crippen LogP contribution < -0.4 is 4.74 Å². The predicted molar refractivity (Wildman–Crippen MR) is 98.6 cm³/mol. The molecule has 3 aromatic heterocycles. The monoisotopic (exact) mass is 362 g/mol. The van der Waals surface area contributed by atoms with E-state index in [9.17, 15) is 0 Å². The minimum Gasteiger partial charge on any atom is -0.481 e. The molecule has 27 heavy (non-hydrogen) atoms. The first-order valence-corrected chi connectivity index (χ1v) is 8.41. The summed E-state index contributed by atoms with van der Waals surface area (Å²) >= 11 is 0. The van der Waals surface area contributed by atoms with Crippen LogP contribution in [0, 0.1) is 20.8 Å². The fraction of sp³-hybridized carbons (Fsp3) is 0.211. The summed E-state index contributed by atoms with van der Waals surface area (Å²) in [5.74, 6) is 1.23. The van der Waals surface area contributed by atoms with Gasteiger partial charge in [0.2, 0.25) is 11.7 Å². The molecule has 0 spiro atoms. The van der Waals surface area contributed by atoms with E-state index >= 15 is 0 Å². The van der Waals surface area contributed by atoms with Crippen LogP contribution in [0.15, 0.2) is 41.1 Å². The Bertz CT molecular complexity index is 1120. The average molecular weight is 362 g/mol. The summed E-state index contributed by atoms with van der Waals surface area (Å²) in [5.41, 5.74) is 5.19. The second kappa shape index (κ2) is 6.64. The second-order valence-electron chi connectivity index (χ2n) is 6.22. The van der Waals surface area contributed by atoms with Gasteiger partial charge in [-0.15, -0.1) is 5.10 Å². The van der Waals surface area contributed by atoms with Gasteiger partial charge in [0.25, 0.3) is 5.89 Å². The van der Waals surface area contributed by atoms with Gasteiger partial charge >= 0.3 is 0 Å². The van der Waals surface area contributed by atoms with E-state index in [1.165, 1.54) is 5.56 Å². The number of hydrogen-bond donors (Lipinski definition) is 0. The Labute approximate surface area is 155 Å². The zero-order valence-corrected chi connectivity index (χ0v) is 15.5. The maximum Gasteiger partial charge on any atom is 0.280 e. The van der Waals surface area contributed by atoms with Crippen LogP contribution in [0.4, 0.5) is 0 Å². The molecule has 1 aromatic carbocycles. The lowest BCUT2D eigenvalue weighted by Gasteiger charge is -2.04. The Morgan fingerprint density at radius 2 is 1.89 bits per heavy atom. The van der Waals surface area contributed by atoms with Crippen LogP contribution in [0.1, 0.15) is 16.8 Å². The lowest BCUT2D eigenvalue weighted by molar-refractivity contribution is 0.398. The summed E-state index contributed by atoms with van der Waals surface area (Å²) < 4.78 is 10.6. The zero-order valence-electron chi connectivity index (χ0n) is 15.5. The highest BCUT2D eigenvalue weighted by Crippen LogP contribution is 2.25. The molecule has 0 fully saturated rings. The zero-order chi connectivity index (χ0) is 19.0. The van der Waals surface area contributed by atoms with Crippen LogP contribution in [-0.2, 0) is 0 Å². The van der Waals surface area contributed by atoms with Gasteiger partial charge in [-0.3, -0.25) is 0 Å². The third-order valence-electron chi connectivity index (χ3n) is 4.18. The molecule has 0 atom stereocenters. The predicted octanol–water partition coefficient (Wildman–Crippen LogP) is 3.31. The van der Waals surface area contributed by atoms with E-state index < -0.39 is 0 Å². The van der Waals surface area contributed by atoms with Gasteiger partial charge in [0.05, 0.1) is 18.5 Å². The lowest BCUT2D eigenvalue weighted by Crippen LogP contribution is -2.01. The summed E-state index contributed by atoms with van der Waals surface area (Å²) in [6.45, 7) is 5.95. The summed E-state index contributed by atoms with van der Waals surface area (Å²) in [4.78, 5) is 10.1. The molecular weight excluding hydrogens is 344 g/mol. The van der Waals surface area contributed by atoms with Crippen molar-refractivity contribution >= 4 is 0 Å². The number of ether oxygens (including phenoxy) is 1. The van der Waals surface area contributed by atoms with Gasteiger partial charge in [0.1, 0.15) is 0 Å². The number of pyridine rings is 1. The number of aryl methyl sites for hydroxylation is 3. The number of nitrogens with zero attached hydrogens (tertiary/aromatic N) is 6. The molecule has 4 rings (SSSR count). The van der Waals surface area contributed by atoms with Crippen molar-refractivity contribution in [3.05, 3.63) is 53.3 Å². The molecule has 4 aromatic rings. The van der Waals surface area contributed by atoms with Gasteiger partial charge in [-0.1, -0.05) is 22.9 Å². The maximum absolute atomic E-state index is 5.42. The molecular formula is C19H18N6O2. The third kappa shape index (κ3) is 3.17. The largest absolute Gasteiger partial charge is 0.481 e. The molecule has 0 aliphatic rings. The molecule has 0 radical (unpaired) electrons. The van der Waals surface area contributed by atoms with E-state index in [1.807, 2.05) is 26.0 Å². The van der Waals surface area contributed by atoms with Crippen molar-refractivity contribution in [1.82, 2.24) is 30.1 Å². The van der Waals surface area contributed by atoms with Crippen molar-refractivity contribution in [1.29, 1.82) is 0 Å². The topological polar surface area (TPSA) is 91.8 Å². The van der Waals surface area contributed by atoms with Gasteiger partial charge in [0.15, 0.2) is 5.69 Å². The molecule has 3 heterocycles. The smallest absolute Gasteiger partial charge is 0.280 e. The average Bonchev–Trinajstić information content (AvgIpc) is 3.28. The summed E-state index contributed by atoms with van der Waals surface area (Å²) in [6, 6.07) is 9.65. The quantitative estimate of drug-likeness (QED) is 0.550. The van der Waals surface area contributed by atoms with Crippen LogP contribution in [0.2, 0.25) is 0 Å². The molecule has 136 valence electrons. The number of aromatic nitrogens is 6. The summed E-state index contributed by atoms with van der Waals surface area (Å²) in [7, 11) is 1.56. The van der Waals surface area contributed by atoms with Crippen molar-refractivity contribution in [2.24, 2.45) is 0 Å². The molecule has 0 amide bonds. The Morgan fingerprint density at radius 1 is 1.04 bits per heavy atom. The van der Waals surface area contributed by atoms with Crippen molar-refractivity contribution in [3.63, 3.8) is 0 Å². The van der Waals surface area contributed by atoms with Crippen LogP contribution in [-0.4, -0.2) is 37.2 Å². The fourth-order valence-electron chi connectivity index (χ4n) is 2.81. The highest BCUT2D eigenvalue weighted by atomic mass is 16.5. The van der Waals surface area contributed by atoms with Crippen LogP contribution in [0.5, 0.6) is 5.88 Å². The van der Waals surface area contributed by atoms with E-state index in [1.54, 1.807) is 30.2 Å². The van der Waals surface area contributed by atoms with Crippen molar-refractivity contribution < 1.29 is 9.26 Å². The van der Waals surface area contributed by atoms with Gasteiger partial charge in [-0.05, 0) is 38.5 Å². The van der Waals surface area contributed by atoms with E-state index in [0.29, 0.717) is 29.0 Å². The van der Waals surface area contributed by atoms with Crippen LogP contribution in [0.3, 0.4) is 0 Å². The SMILES string of the molecule is COc1cc(-c2noc(-c3nn(-c4ccc(C)cc4C)nc3C)n2)ccn1. The standard InChI is InChI=1S/C19H18N6O2/c1-11-5-6-15(12(2)9-11)25-22-13(3)17(23-25)19-21-18(24-27-19)14-7-8-20-16(10-14)26-4/h5-10H,1-4H3. The Morgan fingerprint density at radius 3 is 2.67 bits per heavy atom. The molecule has 0 bridgehead atoms. The first-order chi connectivity index (χ1) is 13.0. The molecule has 0 saturated heterocycles. The Balaban J connectivity index is 1.70. The van der Waals surface area contributed by atoms with Gasteiger partial charge in [0, 0.05) is 17.8 Å². The van der Waals surface area contributed by atoms with Crippen LogP contribution in [0.25, 0.3) is 28.7 Å². The minimum atomic E-state index is 0.314. The number of benzene rings is 1. The first kappa shape index (κ1) is 16.9. The fourth-order valence-corrected chi connectivity index (χ4v) is 2.81. The molecule has 8 nitrogen and oxygen atoms in total. The minimum absolute atomic E-state index is 0.314. The second-order valence-corrected chi connectivity index (χ2v) is 6.22. The molecule has 8 heteroatoms. The normalized spacial score (nSPS) is 11.0. The van der Waals surface area contributed by atoms with E-state index in [0.717, 1.165) is 16.8 Å². The number of hydrogen-bond acceptors (Lipinski definition) is 7. The van der Waals surface area contributed by atoms with Crippen molar-refractivity contribution in [2.45, 2.75) is 20.8 Å². The Kier molecular flexibility index (Phi) is 4.15. The molecule has 0 unspecified atom stereocenters. The lowest BCUT2D eigenvalue weighted by atomic mass is 10.1. The summed E-state index contributed by atoms with van der Waals surface area (Å²) in [6.07, 6.45) is 1.63. The molecule has 0 aliphatic heterocycles. The number of methoxy groups -OCH3 is 1. The maximum atomic E-state index is 5.42. The number of rotatable bonds is 4. The highest BCUT2D eigenvalue weighted by molar-refractivity contribution is 5.59. The van der Waals surface area contributed by atoms with E-state index in [2.05, 4.69) is 38.3 Å². The third-order valence-corrected chi connectivity index (χ3v) is 4.18. The van der Waals surface area contributed by atoms with E-state index in [-0.39, 0.29) is 0 Å². The van der Waals surface area contributed by atoms with E-state index in [4.69, 9.17) is 9.26 Å². The highest BCUT2D eigenvalue weighted by Gasteiger charge is 2.19. The van der Waals surface area contributed by atoms with Gasteiger partial charge in [-0.2, -0.15) is 14.9 Å². The van der Waals surface area contributed by atoms with Crippen molar-refractivity contribution in [3.8, 4) is 34.5 Å².